The van der Waals surface area contributed by atoms with Gasteiger partial charge in [0.2, 0.25) is 10.0 Å². The minimum absolute atomic E-state index is 0. The normalized spacial score (nSPS) is 11.6. The molecule has 27 heavy (non-hydrogen) atoms. The first-order valence-corrected chi connectivity index (χ1v) is 10.6. The zero-order chi connectivity index (χ0) is 19.0. The summed E-state index contributed by atoms with van der Waals surface area (Å²) in [6.07, 6.45) is 0.795. The SMILES string of the molecule is CCNC(=NCc1ccc(S(N)(=O)=O)s1)NCCc1ccccc1OC.I. The first kappa shape index (κ1) is 23.7. The van der Waals surface area contributed by atoms with Crippen LogP contribution < -0.4 is 20.5 Å². The summed E-state index contributed by atoms with van der Waals surface area (Å²) in [4.78, 5) is 5.32. The van der Waals surface area contributed by atoms with E-state index in [0.29, 0.717) is 19.0 Å². The smallest absolute Gasteiger partial charge is 0.247 e. The summed E-state index contributed by atoms with van der Waals surface area (Å²) < 4.78 is 28.2. The second kappa shape index (κ2) is 11.5. The predicted octanol–water partition coefficient (Wildman–Crippen LogP) is 2.32. The van der Waals surface area contributed by atoms with Crippen molar-refractivity contribution in [2.45, 2.75) is 24.1 Å². The maximum Gasteiger partial charge on any atom is 0.247 e. The summed E-state index contributed by atoms with van der Waals surface area (Å²) in [5.74, 6) is 1.54. The molecule has 0 aliphatic heterocycles. The fourth-order valence-corrected chi connectivity index (χ4v) is 4.02. The molecule has 4 N–H and O–H groups in total. The quantitative estimate of drug-likeness (QED) is 0.279. The molecule has 1 aromatic carbocycles. The van der Waals surface area contributed by atoms with E-state index in [2.05, 4.69) is 15.6 Å². The highest BCUT2D eigenvalue weighted by molar-refractivity contribution is 14.0. The number of nitrogens with zero attached hydrogens (tertiary/aromatic N) is 1. The minimum Gasteiger partial charge on any atom is -0.496 e. The molecule has 0 saturated heterocycles. The molecule has 1 heterocycles. The minimum atomic E-state index is -3.66. The molecule has 10 heteroatoms. The zero-order valence-corrected chi connectivity index (χ0v) is 19.2. The Kier molecular flexibility index (Phi) is 10.1. The van der Waals surface area contributed by atoms with Crippen LogP contribution in [-0.4, -0.2) is 34.6 Å². The Hall–Kier alpha value is -1.37. The van der Waals surface area contributed by atoms with Crippen molar-refractivity contribution in [1.82, 2.24) is 10.6 Å². The summed E-state index contributed by atoms with van der Waals surface area (Å²) in [6.45, 7) is 3.79. The van der Waals surface area contributed by atoms with Crippen molar-refractivity contribution in [3.05, 3.63) is 46.8 Å². The fraction of sp³-hybridized carbons (Fsp3) is 0.353. The number of hydrogen-bond donors (Lipinski definition) is 3. The number of guanidine groups is 1. The van der Waals surface area contributed by atoms with Crippen LogP contribution in [0, 0.1) is 0 Å². The number of para-hydroxylation sites is 1. The average Bonchev–Trinajstić information content (AvgIpc) is 3.09. The van der Waals surface area contributed by atoms with E-state index in [-0.39, 0.29) is 28.2 Å². The van der Waals surface area contributed by atoms with Crippen LogP contribution in [0.3, 0.4) is 0 Å². The number of benzene rings is 1. The molecule has 0 aliphatic rings. The molecule has 0 unspecified atom stereocenters. The first-order chi connectivity index (χ1) is 12.4. The van der Waals surface area contributed by atoms with Crippen LogP contribution in [0.25, 0.3) is 0 Å². The lowest BCUT2D eigenvalue weighted by Gasteiger charge is -2.12. The number of aliphatic imine (C=N–C) groups is 1. The van der Waals surface area contributed by atoms with E-state index in [4.69, 9.17) is 9.88 Å². The lowest BCUT2D eigenvalue weighted by Crippen LogP contribution is -2.38. The number of primary sulfonamides is 1. The van der Waals surface area contributed by atoms with Gasteiger partial charge >= 0.3 is 0 Å². The largest absolute Gasteiger partial charge is 0.496 e. The van der Waals surface area contributed by atoms with Gasteiger partial charge in [-0.3, -0.25) is 0 Å². The van der Waals surface area contributed by atoms with E-state index >= 15 is 0 Å². The van der Waals surface area contributed by atoms with Gasteiger partial charge in [0.25, 0.3) is 0 Å². The van der Waals surface area contributed by atoms with Crippen LogP contribution in [0.5, 0.6) is 5.75 Å². The predicted molar refractivity (Wildman–Crippen MR) is 121 cm³/mol. The molecule has 1 aromatic heterocycles. The number of methoxy groups -OCH3 is 1. The number of rotatable bonds is 8. The summed E-state index contributed by atoms with van der Waals surface area (Å²) in [5.41, 5.74) is 1.12. The molecular formula is C17H25IN4O3S2. The molecule has 7 nitrogen and oxygen atoms in total. The van der Waals surface area contributed by atoms with E-state index in [1.165, 1.54) is 6.07 Å². The highest BCUT2D eigenvalue weighted by Crippen LogP contribution is 2.21. The van der Waals surface area contributed by atoms with Crippen molar-refractivity contribution in [1.29, 1.82) is 0 Å². The number of nitrogens with one attached hydrogen (secondary N) is 2. The summed E-state index contributed by atoms with van der Waals surface area (Å²) in [5, 5.41) is 11.6. The molecule has 0 aliphatic carbocycles. The highest BCUT2D eigenvalue weighted by atomic mass is 127. The zero-order valence-electron chi connectivity index (χ0n) is 15.3. The summed E-state index contributed by atoms with van der Waals surface area (Å²) >= 11 is 1.13. The van der Waals surface area contributed by atoms with E-state index in [9.17, 15) is 8.42 Å². The Labute approximate surface area is 181 Å². The van der Waals surface area contributed by atoms with Crippen LogP contribution in [0.4, 0.5) is 0 Å². The standard InChI is InChI=1S/C17H24N4O3S2.HI/c1-3-19-17(20-11-10-13-6-4-5-7-15(13)24-2)21-12-14-8-9-16(25-14)26(18,22)23;/h4-9H,3,10-12H2,1-2H3,(H2,18,22,23)(H2,19,20,21);1H. The van der Waals surface area contributed by atoms with Crippen molar-refractivity contribution in [3.8, 4) is 5.75 Å². The molecule has 0 spiro atoms. The molecule has 0 fully saturated rings. The molecule has 0 bridgehead atoms. The topological polar surface area (TPSA) is 106 Å². The van der Waals surface area contributed by atoms with Crippen molar-refractivity contribution in [2.24, 2.45) is 10.1 Å². The van der Waals surface area contributed by atoms with Crippen molar-refractivity contribution in [3.63, 3.8) is 0 Å². The van der Waals surface area contributed by atoms with Crippen molar-refractivity contribution < 1.29 is 13.2 Å². The number of hydrogen-bond acceptors (Lipinski definition) is 5. The van der Waals surface area contributed by atoms with Gasteiger partial charge in [-0.25, -0.2) is 18.5 Å². The average molecular weight is 524 g/mol. The third kappa shape index (κ3) is 7.64. The van der Waals surface area contributed by atoms with E-state index in [0.717, 1.165) is 40.5 Å². The van der Waals surface area contributed by atoms with E-state index < -0.39 is 10.0 Å². The van der Waals surface area contributed by atoms with Crippen LogP contribution in [0.15, 0.2) is 45.6 Å². The number of thiophene rings is 1. The Bertz CT molecular complexity index is 853. The molecule has 0 radical (unpaired) electrons. The third-order valence-electron chi connectivity index (χ3n) is 3.53. The monoisotopic (exact) mass is 524 g/mol. The molecular weight excluding hydrogens is 499 g/mol. The van der Waals surface area contributed by atoms with Crippen LogP contribution in [0.2, 0.25) is 0 Å². The molecule has 2 aromatic rings. The van der Waals surface area contributed by atoms with Gasteiger partial charge in [-0.15, -0.1) is 35.3 Å². The molecule has 150 valence electrons. The maximum absolute atomic E-state index is 11.3. The molecule has 0 atom stereocenters. The molecule has 0 saturated carbocycles. The van der Waals surface area contributed by atoms with Crippen LogP contribution >= 0.6 is 35.3 Å². The molecule has 2 rings (SSSR count). The first-order valence-electron chi connectivity index (χ1n) is 8.19. The van der Waals surface area contributed by atoms with Gasteiger partial charge in [-0.05, 0) is 37.1 Å². The fourth-order valence-electron chi connectivity index (χ4n) is 2.32. The van der Waals surface area contributed by atoms with Gasteiger partial charge in [-0.2, -0.15) is 0 Å². The number of nitrogens with two attached hydrogens (primary N) is 1. The van der Waals surface area contributed by atoms with E-state index in [1.807, 2.05) is 31.2 Å². The van der Waals surface area contributed by atoms with Crippen LogP contribution in [-0.2, 0) is 23.0 Å². The summed E-state index contributed by atoms with van der Waals surface area (Å²) in [6, 6.07) is 11.1. The van der Waals surface area contributed by atoms with Gasteiger partial charge < -0.3 is 15.4 Å². The second-order valence-corrected chi connectivity index (χ2v) is 8.41. The Morgan fingerprint density at radius 3 is 2.59 bits per heavy atom. The molecule has 0 amide bonds. The Morgan fingerprint density at radius 1 is 1.22 bits per heavy atom. The lowest BCUT2D eigenvalue weighted by atomic mass is 10.1. The number of halogens is 1. The van der Waals surface area contributed by atoms with Crippen LogP contribution in [0.1, 0.15) is 17.4 Å². The summed E-state index contributed by atoms with van der Waals surface area (Å²) in [7, 11) is -1.99. The Balaban J connectivity index is 0.00000364. The highest BCUT2D eigenvalue weighted by Gasteiger charge is 2.11. The second-order valence-electron chi connectivity index (χ2n) is 5.45. The van der Waals surface area contributed by atoms with Gasteiger partial charge in [0.1, 0.15) is 9.96 Å². The van der Waals surface area contributed by atoms with Gasteiger partial charge in [-0.1, -0.05) is 18.2 Å². The van der Waals surface area contributed by atoms with Gasteiger partial charge in [0.05, 0.1) is 13.7 Å². The lowest BCUT2D eigenvalue weighted by molar-refractivity contribution is 0.409. The third-order valence-corrected chi connectivity index (χ3v) is 6.04. The Morgan fingerprint density at radius 2 is 1.96 bits per heavy atom. The number of sulfonamides is 1. The van der Waals surface area contributed by atoms with Gasteiger partial charge in [0.15, 0.2) is 5.96 Å². The van der Waals surface area contributed by atoms with Crippen molar-refractivity contribution in [2.75, 3.05) is 20.2 Å². The maximum atomic E-state index is 11.3. The van der Waals surface area contributed by atoms with E-state index in [1.54, 1.807) is 13.2 Å². The van der Waals surface area contributed by atoms with Gasteiger partial charge in [0, 0.05) is 18.0 Å². The van der Waals surface area contributed by atoms with Crippen molar-refractivity contribution >= 4 is 51.3 Å². The number of ether oxygens (including phenoxy) is 1.